The zero-order chi connectivity index (χ0) is 64.8. The van der Waals surface area contributed by atoms with E-state index in [9.17, 15) is 32.6 Å². The first kappa shape index (κ1) is 61.3. The van der Waals surface area contributed by atoms with Crippen molar-refractivity contribution < 1.29 is 32.6 Å². The summed E-state index contributed by atoms with van der Waals surface area (Å²) in [6.45, 7) is 3.42. The molecule has 0 radical (unpaired) electrons. The molecule has 0 amide bonds. The number of aromatic nitrogens is 16. The molecule has 2 N–H and O–H groups in total. The Morgan fingerprint density at radius 1 is 0.452 bits per heavy atom. The normalized spacial score (nSPS) is 12.8. The Balaban J connectivity index is 0.000000113. The fraction of sp³-hybridized carbons (Fsp3) is 0.0758. The number of aliphatic hydroxyl groups is 2. The third-order valence-corrected chi connectivity index (χ3v) is 16.0. The Morgan fingerprint density at radius 2 is 0.849 bits per heavy atom. The van der Waals surface area contributed by atoms with Gasteiger partial charge in [0.2, 0.25) is 5.78 Å². The summed E-state index contributed by atoms with van der Waals surface area (Å²) < 4.78 is 63.6. The Kier molecular flexibility index (Phi) is 16.7. The van der Waals surface area contributed by atoms with Crippen LogP contribution in [0.25, 0.3) is 66.2 Å². The van der Waals surface area contributed by atoms with E-state index >= 15 is 0 Å². The molecule has 16 rings (SSSR count). The van der Waals surface area contributed by atoms with E-state index in [1.54, 1.807) is 120 Å². The molecule has 0 saturated heterocycles. The van der Waals surface area contributed by atoms with E-state index < -0.39 is 34.9 Å². The van der Waals surface area contributed by atoms with Crippen molar-refractivity contribution in [1.29, 1.82) is 0 Å². The molecule has 0 bridgehead atoms. The van der Waals surface area contributed by atoms with E-state index in [0.717, 1.165) is 21.9 Å². The van der Waals surface area contributed by atoms with Gasteiger partial charge in [-0.25, -0.2) is 55.6 Å². The number of fused-ring (bicyclic) bond motifs is 8. The van der Waals surface area contributed by atoms with Gasteiger partial charge in [0.05, 0.1) is 69.5 Å². The first-order chi connectivity index (χ1) is 44.9. The highest BCUT2D eigenvalue weighted by atomic mass is 35.5. The predicted molar refractivity (Wildman–Crippen MR) is 342 cm³/mol. The molecule has 27 heteroatoms. The van der Waals surface area contributed by atoms with Gasteiger partial charge < -0.3 is 10.2 Å². The molecule has 12 heterocycles. The lowest BCUT2D eigenvalue weighted by atomic mass is 9.91. The minimum atomic E-state index is -1.65. The summed E-state index contributed by atoms with van der Waals surface area (Å²) in [5.74, 6) is -2.76. The van der Waals surface area contributed by atoms with Crippen LogP contribution in [0.2, 0.25) is 20.6 Å². The van der Waals surface area contributed by atoms with Gasteiger partial charge in [-0.15, -0.1) is 0 Å². The first-order valence-corrected chi connectivity index (χ1v) is 29.5. The lowest BCUT2D eigenvalue weighted by molar-refractivity contribution is 0.0913. The molecule has 16 aromatic rings. The van der Waals surface area contributed by atoms with E-state index in [1.165, 1.54) is 69.4 Å². The molecule has 12 aromatic heterocycles. The molecule has 0 aliphatic carbocycles. The van der Waals surface area contributed by atoms with E-state index in [-0.39, 0.29) is 49.6 Å². The van der Waals surface area contributed by atoms with Crippen molar-refractivity contribution in [2.45, 2.75) is 31.5 Å². The van der Waals surface area contributed by atoms with E-state index in [0.29, 0.717) is 72.1 Å². The maximum absolute atomic E-state index is 14.6. The molecule has 0 aliphatic rings. The van der Waals surface area contributed by atoms with Crippen molar-refractivity contribution in [2.24, 2.45) is 0 Å². The highest BCUT2D eigenvalue weighted by Gasteiger charge is 2.34. The van der Waals surface area contributed by atoms with E-state index in [4.69, 9.17) is 46.4 Å². The maximum Gasteiger partial charge on any atom is 0.216 e. The Hall–Kier alpha value is -10.5. The van der Waals surface area contributed by atoms with Crippen LogP contribution in [0.3, 0.4) is 0 Å². The number of ketones is 1. The largest absolute Gasteiger partial charge is 0.382 e. The molecule has 3 unspecified atom stereocenters. The number of aliphatic hydroxyl groups excluding tert-OH is 1. The van der Waals surface area contributed by atoms with Crippen LogP contribution in [-0.2, 0) is 5.60 Å². The Bertz CT molecular complexity index is 5410. The van der Waals surface area contributed by atoms with Gasteiger partial charge in [0.1, 0.15) is 61.3 Å². The second-order valence-corrected chi connectivity index (χ2v) is 22.6. The number of rotatable bonds is 8. The average Bonchev–Trinajstić information content (AvgIpc) is 1.79. The summed E-state index contributed by atoms with van der Waals surface area (Å²) in [7, 11) is 0. The van der Waals surface area contributed by atoms with Crippen LogP contribution < -0.4 is 0 Å². The number of nitrogens with zero attached hydrogens (tertiary/aromatic N) is 16. The third-order valence-electron chi connectivity index (χ3n) is 15.2. The molecule has 460 valence electrons. The molecule has 93 heavy (non-hydrogen) atoms. The summed E-state index contributed by atoms with van der Waals surface area (Å²) in [5, 5.41) is 42.4. The second-order valence-electron chi connectivity index (χ2n) is 21.1. The zero-order valence-electron chi connectivity index (χ0n) is 48.1. The molecule has 0 spiro atoms. The van der Waals surface area contributed by atoms with Gasteiger partial charge in [-0.3, -0.25) is 24.7 Å². The highest BCUT2D eigenvalue weighted by molar-refractivity contribution is 6.30. The zero-order valence-corrected chi connectivity index (χ0v) is 51.1. The quantitative estimate of drug-likeness (QED) is 0.106. The summed E-state index contributed by atoms with van der Waals surface area (Å²) in [6, 6.07) is 39.4. The Morgan fingerprint density at radius 3 is 1.40 bits per heavy atom. The fourth-order valence-electron chi connectivity index (χ4n) is 10.5. The second kappa shape index (κ2) is 25.3. The standard InChI is InChI=1S/C17H12ClFN4O.C17H12ClFN4.C16H10ClFN4O.C16H8ClFN4O/c1-17(24,14-9-21-16-5-4-15(18)22-23(14)16)11-7-10-3-2-6-20-13(10)8-12(11)19;1-10(15-9-21-17-5-4-16(18)22-23(15)17)12-7-11-3-2-6-20-14(11)8-13(12)19;2*17-14-3-4-15-20-8-13(22(15)21-14)16(23)10-6-9-2-1-5-19-12(9)7-11(10)18/h2-9,24H,1H3;2-10H,1H3;1-8,16,23H;1-8H. The topological polar surface area (TPSA) is 230 Å². The van der Waals surface area contributed by atoms with Gasteiger partial charge >= 0.3 is 0 Å². The van der Waals surface area contributed by atoms with Gasteiger partial charge in [-0.05, 0) is 110 Å². The molecule has 3 atom stereocenters. The van der Waals surface area contributed by atoms with Crippen LogP contribution >= 0.6 is 46.4 Å². The number of carbonyl (C=O) groups is 1. The van der Waals surface area contributed by atoms with Crippen molar-refractivity contribution >= 4 is 118 Å². The van der Waals surface area contributed by atoms with Crippen LogP contribution in [0.5, 0.6) is 0 Å². The van der Waals surface area contributed by atoms with Crippen molar-refractivity contribution in [3.63, 3.8) is 0 Å². The van der Waals surface area contributed by atoms with Crippen molar-refractivity contribution in [3.8, 4) is 0 Å². The molecule has 0 saturated carbocycles. The number of hydrogen-bond donors (Lipinski definition) is 2. The van der Waals surface area contributed by atoms with Crippen molar-refractivity contribution in [1.82, 2.24) is 78.3 Å². The van der Waals surface area contributed by atoms with Crippen LogP contribution in [0.15, 0.2) is 195 Å². The molecule has 0 aliphatic heterocycles. The van der Waals surface area contributed by atoms with E-state index in [1.807, 2.05) is 37.3 Å². The Labute approximate surface area is 541 Å². The lowest BCUT2D eigenvalue weighted by Crippen LogP contribution is -2.26. The van der Waals surface area contributed by atoms with Gasteiger partial charge in [-0.1, -0.05) is 77.6 Å². The van der Waals surface area contributed by atoms with Gasteiger partial charge in [0.25, 0.3) is 0 Å². The summed E-state index contributed by atoms with van der Waals surface area (Å²) in [4.78, 5) is 45.9. The van der Waals surface area contributed by atoms with Crippen LogP contribution in [-0.4, -0.2) is 94.3 Å². The summed E-state index contributed by atoms with van der Waals surface area (Å²) in [5.41, 5.74) is 5.05. The predicted octanol–water partition coefficient (Wildman–Crippen LogP) is 14.0. The van der Waals surface area contributed by atoms with Gasteiger partial charge in [-0.2, -0.15) is 20.4 Å². The first-order valence-electron chi connectivity index (χ1n) is 28.0. The van der Waals surface area contributed by atoms with Crippen LogP contribution in [0.1, 0.15) is 75.7 Å². The maximum atomic E-state index is 14.6. The molecule has 4 aromatic carbocycles. The van der Waals surface area contributed by atoms with E-state index in [2.05, 4.69) is 60.3 Å². The van der Waals surface area contributed by atoms with Crippen LogP contribution in [0, 0.1) is 23.3 Å². The van der Waals surface area contributed by atoms with Crippen molar-refractivity contribution in [3.05, 3.63) is 284 Å². The smallest absolute Gasteiger partial charge is 0.216 e. The molecule has 0 fully saturated rings. The number of hydrogen-bond acceptors (Lipinski definition) is 15. The monoisotopic (exact) mass is 1320 g/mol. The SMILES string of the molecule is CC(O)(c1cc2cccnc2cc1F)c1cnc2ccc(Cl)nn12.CC(c1cc2cccnc2cc1F)c1cnc2ccc(Cl)nn12.O=C(c1cc2cccnc2cc1F)c1cnc2ccc(Cl)nn12.OC(c1cc2cccnc2cc1F)c1cnc2ccc(Cl)nn12. The molecular weight excluding hydrogens is 1280 g/mol. The fourth-order valence-corrected chi connectivity index (χ4v) is 11.1. The third kappa shape index (κ3) is 12.2. The van der Waals surface area contributed by atoms with Gasteiger partial charge in [0, 0.05) is 87.6 Å². The molecular formula is C66H42Cl4F4N16O3. The summed E-state index contributed by atoms with van der Waals surface area (Å²) >= 11 is 23.6. The highest BCUT2D eigenvalue weighted by Crippen LogP contribution is 2.35. The average molecular weight is 1320 g/mol. The minimum absolute atomic E-state index is 0.0610. The van der Waals surface area contributed by atoms with Crippen molar-refractivity contribution in [2.75, 3.05) is 0 Å². The lowest BCUT2D eigenvalue weighted by Gasteiger charge is -2.24. The number of pyridine rings is 4. The number of imidazole rings is 4. The summed E-state index contributed by atoms with van der Waals surface area (Å²) in [6.07, 6.45) is 11.2. The number of halogens is 8. The number of benzene rings is 4. The molecule has 19 nitrogen and oxygen atoms in total. The number of carbonyl (C=O) groups excluding carboxylic acids is 1. The van der Waals surface area contributed by atoms with Gasteiger partial charge in [0.15, 0.2) is 22.6 Å². The van der Waals surface area contributed by atoms with Crippen LogP contribution in [0.4, 0.5) is 17.6 Å². The minimum Gasteiger partial charge on any atom is -0.382 e.